The van der Waals surface area contributed by atoms with Gasteiger partial charge in [-0.1, -0.05) is 268 Å². The van der Waals surface area contributed by atoms with Gasteiger partial charge in [-0.2, -0.15) is 0 Å². The van der Waals surface area contributed by atoms with Gasteiger partial charge >= 0.3 is 17.9 Å². The summed E-state index contributed by atoms with van der Waals surface area (Å²) in [6.07, 6.45) is 79.5. The van der Waals surface area contributed by atoms with Gasteiger partial charge in [-0.15, -0.1) is 0 Å². The molecule has 0 saturated heterocycles. The van der Waals surface area contributed by atoms with E-state index in [1.165, 1.54) is 212 Å². The predicted molar refractivity (Wildman–Crippen MR) is 321 cm³/mol. The van der Waals surface area contributed by atoms with Crippen LogP contribution < -0.4 is 0 Å². The molecule has 0 heterocycles. The fourth-order valence-electron chi connectivity index (χ4n) is 9.32. The normalized spacial score (nSPS) is 12.4. The lowest BCUT2D eigenvalue weighted by atomic mass is 10.0. The third-order valence-electron chi connectivity index (χ3n) is 14.2. The smallest absolute Gasteiger partial charge is 0.306 e. The van der Waals surface area contributed by atoms with Gasteiger partial charge in [0.1, 0.15) is 13.2 Å². The Morgan fingerprint density at radius 2 is 0.486 bits per heavy atom. The second-order valence-electron chi connectivity index (χ2n) is 21.7. The van der Waals surface area contributed by atoms with Crippen molar-refractivity contribution in [3.8, 4) is 0 Å². The minimum absolute atomic E-state index is 0.0779. The monoisotopic (exact) mass is 1030 g/mol. The SMILES string of the molecule is CCCCC/C=C\C/C=C\CCCCCCCCCC(=O)OC(COC(=O)CCCCCCC/C=C\CCCCC)COC(=O)CCCCCCCCCCCCCCCCC/C=C\C/C=C\CCCCCCC. The molecule has 1 atom stereocenters. The molecule has 430 valence electrons. The fourth-order valence-corrected chi connectivity index (χ4v) is 9.32. The first kappa shape index (κ1) is 71.1. The van der Waals surface area contributed by atoms with E-state index in [0.717, 1.165) is 83.5 Å². The zero-order chi connectivity index (χ0) is 53.6. The summed E-state index contributed by atoms with van der Waals surface area (Å²) in [6, 6.07) is 0. The molecule has 0 aromatic carbocycles. The average molecular weight is 1040 g/mol. The summed E-state index contributed by atoms with van der Waals surface area (Å²) in [5, 5.41) is 0. The second-order valence-corrected chi connectivity index (χ2v) is 21.7. The predicted octanol–water partition coefficient (Wildman–Crippen LogP) is 21.9. The van der Waals surface area contributed by atoms with Crippen LogP contribution in [0.2, 0.25) is 0 Å². The lowest BCUT2D eigenvalue weighted by Crippen LogP contribution is -2.30. The van der Waals surface area contributed by atoms with E-state index in [1.807, 2.05) is 0 Å². The van der Waals surface area contributed by atoms with Gasteiger partial charge in [-0.05, 0) is 109 Å². The molecular formula is C68H122O6. The molecule has 6 heteroatoms. The molecule has 0 fully saturated rings. The molecule has 0 aliphatic heterocycles. The van der Waals surface area contributed by atoms with E-state index < -0.39 is 6.10 Å². The minimum atomic E-state index is -0.781. The summed E-state index contributed by atoms with van der Waals surface area (Å²) in [6.45, 7) is 6.60. The van der Waals surface area contributed by atoms with Crippen molar-refractivity contribution in [2.24, 2.45) is 0 Å². The molecule has 0 saturated carbocycles. The van der Waals surface area contributed by atoms with Crippen molar-refractivity contribution in [2.75, 3.05) is 13.2 Å². The van der Waals surface area contributed by atoms with E-state index in [4.69, 9.17) is 14.2 Å². The Bertz CT molecular complexity index is 1330. The molecule has 0 bridgehead atoms. The van der Waals surface area contributed by atoms with E-state index in [0.29, 0.717) is 19.3 Å². The van der Waals surface area contributed by atoms with Crippen LogP contribution in [0.1, 0.15) is 335 Å². The summed E-state index contributed by atoms with van der Waals surface area (Å²) >= 11 is 0. The van der Waals surface area contributed by atoms with Crippen LogP contribution in [0.15, 0.2) is 60.8 Å². The Balaban J connectivity index is 4.23. The molecule has 74 heavy (non-hydrogen) atoms. The highest BCUT2D eigenvalue weighted by atomic mass is 16.6. The van der Waals surface area contributed by atoms with Gasteiger partial charge in [0, 0.05) is 19.3 Å². The second kappa shape index (κ2) is 62.6. The van der Waals surface area contributed by atoms with Crippen LogP contribution >= 0.6 is 0 Å². The van der Waals surface area contributed by atoms with Crippen LogP contribution in [0, 0.1) is 0 Å². The standard InChI is InChI=1S/C68H122O6/c1-4-7-10-13-16-19-22-25-27-29-30-31-32-33-34-35-36-37-38-40-41-43-46-49-52-55-58-61-67(70)73-64-65(63-72-66(69)60-57-54-51-48-45-24-21-18-15-12-9-6-3)74-68(71)62-59-56-53-50-47-44-42-39-28-26-23-20-17-14-11-8-5-2/h17-18,20-22,25-26,28-30,65H,4-16,19,23-24,27,31-64H2,1-3H3/b20-17-,21-18-,25-22-,28-26-,30-29-. The van der Waals surface area contributed by atoms with E-state index in [9.17, 15) is 14.4 Å². The fraction of sp³-hybridized carbons (Fsp3) is 0.809. The zero-order valence-electron chi connectivity index (χ0n) is 49.4. The first-order chi connectivity index (χ1) is 36.5. The van der Waals surface area contributed by atoms with Crippen molar-refractivity contribution in [1.29, 1.82) is 0 Å². The van der Waals surface area contributed by atoms with Crippen LogP contribution in [0.25, 0.3) is 0 Å². The Labute approximate surface area is 460 Å². The summed E-state index contributed by atoms with van der Waals surface area (Å²) in [5.74, 6) is -0.880. The highest BCUT2D eigenvalue weighted by Gasteiger charge is 2.19. The molecule has 0 rings (SSSR count). The van der Waals surface area contributed by atoms with Crippen LogP contribution in [-0.4, -0.2) is 37.2 Å². The maximum Gasteiger partial charge on any atom is 0.306 e. The summed E-state index contributed by atoms with van der Waals surface area (Å²) in [4.78, 5) is 38.2. The van der Waals surface area contributed by atoms with Crippen molar-refractivity contribution in [1.82, 2.24) is 0 Å². The molecule has 0 aromatic rings. The first-order valence-corrected chi connectivity index (χ1v) is 32.3. The molecular weight excluding hydrogens is 913 g/mol. The number of allylic oxidation sites excluding steroid dienone is 10. The molecule has 0 aromatic heterocycles. The molecule has 0 N–H and O–H groups in total. The van der Waals surface area contributed by atoms with E-state index in [-0.39, 0.29) is 31.1 Å². The molecule has 0 aliphatic rings. The van der Waals surface area contributed by atoms with E-state index in [2.05, 4.69) is 81.5 Å². The van der Waals surface area contributed by atoms with E-state index >= 15 is 0 Å². The Morgan fingerprint density at radius 3 is 0.784 bits per heavy atom. The molecule has 0 aliphatic carbocycles. The highest BCUT2D eigenvalue weighted by molar-refractivity contribution is 5.71. The third kappa shape index (κ3) is 60.0. The quantitative estimate of drug-likeness (QED) is 0.0261. The summed E-state index contributed by atoms with van der Waals surface area (Å²) < 4.78 is 16.9. The van der Waals surface area contributed by atoms with Gasteiger partial charge in [-0.3, -0.25) is 14.4 Å². The molecule has 0 amide bonds. The molecule has 1 unspecified atom stereocenters. The third-order valence-corrected chi connectivity index (χ3v) is 14.2. The van der Waals surface area contributed by atoms with Crippen LogP contribution in [0.5, 0.6) is 0 Å². The number of carbonyl (C=O) groups is 3. The summed E-state index contributed by atoms with van der Waals surface area (Å²) in [5.41, 5.74) is 0. The number of rotatable bonds is 59. The number of carbonyl (C=O) groups excluding carboxylic acids is 3. The van der Waals surface area contributed by atoms with Gasteiger partial charge in [0.05, 0.1) is 0 Å². The lowest BCUT2D eigenvalue weighted by molar-refractivity contribution is -0.167. The Kier molecular flexibility index (Phi) is 60.2. The lowest BCUT2D eigenvalue weighted by Gasteiger charge is -2.18. The van der Waals surface area contributed by atoms with Gasteiger partial charge in [-0.25, -0.2) is 0 Å². The van der Waals surface area contributed by atoms with Crippen LogP contribution in [-0.2, 0) is 28.6 Å². The maximum absolute atomic E-state index is 12.9. The number of hydrogen-bond donors (Lipinski definition) is 0. The molecule has 0 spiro atoms. The van der Waals surface area contributed by atoms with Crippen LogP contribution in [0.4, 0.5) is 0 Å². The van der Waals surface area contributed by atoms with Gasteiger partial charge in [0.2, 0.25) is 0 Å². The van der Waals surface area contributed by atoms with E-state index in [1.54, 1.807) is 0 Å². The summed E-state index contributed by atoms with van der Waals surface area (Å²) in [7, 11) is 0. The number of unbranched alkanes of at least 4 members (excludes halogenated alkanes) is 38. The van der Waals surface area contributed by atoms with Crippen molar-refractivity contribution in [3.05, 3.63) is 60.8 Å². The van der Waals surface area contributed by atoms with Crippen LogP contribution in [0.3, 0.4) is 0 Å². The first-order valence-electron chi connectivity index (χ1n) is 32.3. The largest absolute Gasteiger partial charge is 0.462 e. The Hall–Kier alpha value is -2.89. The van der Waals surface area contributed by atoms with Crippen molar-refractivity contribution in [3.63, 3.8) is 0 Å². The topological polar surface area (TPSA) is 78.9 Å². The Morgan fingerprint density at radius 1 is 0.270 bits per heavy atom. The number of ether oxygens (including phenoxy) is 3. The maximum atomic E-state index is 12.9. The van der Waals surface area contributed by atoms with Crippen molar-refractivity contribution < 1.29 is 28.6 Å². The molecule has 6 nitrogen and oxygen atoms in total. The number of esters is 3. The van der Waals surface area contributed by atoms with Gasteiger partial charge < -0.3 is 14.2 Å². The van der Waals surface area contributed by atoms with Crippen molar-refractivity contribution >= 4 is 17.9 Å². The minimum Gasteiger partial charge on any atom is -0.462 e. The van der Waals surface area contributed by atoms with Gasteiger partial charge in [0.25, 0.3) is 0 Å². The molecule has 0 radical (unpaired) electrons. The highest BCUT2D eigenvalue weighted by Crippen LogP contribution is 2.17. The zero-order valence-corrected chi connectivity index (χ0v) is 49.4. The van der Waals surface area contributed by atoms with Crippen molar-refractivity contribution in [2.45, 2.75) is 341 Å². The van der Waals surface area contributed by atoms with Gasteiger partial charge in [0.15, 0.2) is 6.10 Å². The number of hydrogen-bond acceptors (Lipinski definition) is 6. The average Bonchev–Trinajstić information content (AvgIpc) is 3.40.